The van der Waals surface area contributed by atoms with Gasteiger partial charge in [-0.15, -0.1) is 0 Å². The van der Waals surface area contributed by atoms with Crippen molar-refractivity contribution in [2.45, 2.75) is 38.6 Å². The number of halogens is 2. The second-order valence-electron chi connectivity index (χ2n) is 7.55. The quantitative estimate of drug-likeness (QED) is 0.477. The zero-order valence-electron chi connectivity index (χ0n) is 17.0. The number of anilines is 4. The molecule has 1 aromatic carbocycles. The second-order valence-corrected chi connectivity index (χ2v) is 7.95. The van der Waals surface area contributed by atoms with Crippen LogP contribution in [0.3, 0.4) is 0 Å². The smallest absolute Gasteiger partial charge is 0.250 e. The van der Waals surface area contributed by atoms with Gasteiger partial charge in [-0.3, -0.25) is 9.59 Å². The normalized spacial score (nSPS) is 18.2. The van der Waals surface area contributed by atoms with Crippen molar-refractivity contribution in [3.8, 4) is 0 Å². The number of rotatable bonds is 7. The van der Waals surface area contributed by atoms with Gasteiger partial charge in [0.05, 0.1) is 17.6 Å². The van der Waals surface area contributed by atoms with Crippen LogP contribution in [0.4, 0.5) is 27.5 Å². The third kappa shape index (κ3) is 5.91. The molecule has 0 aliphatic heterocycles. The summed E-state index contributed by atoms with van der Waals surface area (Å²) in [5, 5.41) is 9.07. The lowest BCUT2D eigenvalue weighted by Gasteiger charge is -2.28. The van der Waals surface area contributed by atoms with Crippen molar-refractivity contribution in [2.75, 3.05) is 16.0 Å². The molecule has 2 amide bonds. The number of hydrogen-bond acceptors (Lipinski definition) is 6. The zero-order chi connectivity index (χ0) is 22.5. The van der Waals surface area contributed by atoms with E-state index in [2.05, 4.69) is 32.5 Å². The highest BCUT2D eigenvalue weighted by Gasteiger charge is 2.26. The summed E-state index contributed by atoms with van der Waals surface area (Å²) in [5.41, 5.74) is 6.34. The highest BCUT2D eigenvalue weighted by molar-refractivity contribution is 6.33. The molecule has 3 rings (SSSR count). The molecule has 10 heteroatoms. The molecule has 8 nitrogen and oxygen atoms in total. The predicted octanol–water partition coefficient (Wildman–Crippen LogP) is 3.98. The van der Waals surface area contributed by atoms with E-state index in [1.54, 1.807) is 6.92 Å². The first kappa shape index (κ1) is 22.5. The maximum atomic E-state index is 13.7. The summed E-state index contributed by atoms with van der Waals surface area (Å²) in [6, 6.07) is 3.91. The minimum atomic E-state index is -0.514. The molecule has 1 heterocycles. The fourth-order valence-corrected chi connectivity index (χ4v) is 3.51. The van der Waals surface area contributed by atoms with Gasteiger partial charge in [0, 0.05) is 17.5 Å². The lowest BCUT2D eigenvalue weighted by Crippen LogP contribution is -2.34. The maximum Gasteiger partial charge on any atom is 0.250 e. The zero-order valence-corrected chi connectivity index (χ0v) is 17.8. The summed E-state index contributed by atoms with van der Waals surface area (Å²) in [6.07, 6.45) is 4.58. The highest BCUT2D eigenvalue weighted by Crippen LogP contribution is 2.31. The van der Waals surface area contributed by atoms with Gasteiger partial charge in [-0.2, -0.15) is 4.98 Å². The number of amides is 2. The van der Waals surface area contributed by atoms with Crippen LogP contribution in [0.2, 0.25) is 5.02 Å². The van der Waals surface area contributed by atoms with E-state index in [0.717, 1.165) is 19.3 Å². The van der Waals surface area contributed by atoms with Crippen LogP contribution in [0.5, 0.6) is 0 Å². The summed E-state index contributed by atoms with van der Waals surface area (Å²) in [4.78, 5) is 32.1. The van der Waals surface area contributed by atoms with E-state index in [0.29, 0.717) is 18.1 Å². The number of primary amides is 1. The van der Waals surface area contributed by atoms with Crippen LogP contribution >= 0.6 is 11.6 Å². The molecular weight excluding hydrogens is 423 g/mol. The number of aromatic nitrogens is 2. The average molecular weight is 447 g/mol. The van der Waals surface area contributed by atoms with Crippen molar-refractivity contribution in [2.24, 2.45) is 11.7 Å². The molecule has 164 valence electrons. The number of carbonyl (C=O) groups is 2. The summed E-state index contributed by atoms with van der Waals surface area (Å²) >= 11 is 6.24. The van der Waals surface area contributed by atoms with Crippen molar-refractivity contribution in [1.29, 1.82) is 0 Å². The van der Waals surface area contributed by atoms with E-state index in [1.165, 1.54) is 24.4 Å². The molecule has 1 saturated carbocycles. The van der Waals surface area contributed by atoms with Gasteiger partial charge in [0.2, 0.25) is 11.9 Å². The number of carbonyl (C=O) groups excluding carboxylic acids is 2. The van der Waals surface area contributed by atoms with Gasteiger partial charge in [0.25, 0.3) is 5.91 Å². The van der Waals surface area contributed by atoms with E-state index < -0.39 is 11.7 Å². The minimum Gasteiger partial charge on any atom is -0.369 e. The molecule has 5 N–H and O–H groups in total. The van der Waals surface area contributed by atoms with Crippen molar-refractivity contribution in [3.05, 3.63) is 47.4 Å². The molecular formula is C21H24ClFN6O2. The Labute approximate surface area is 184 Å². The van der Waals surface area contributed by atoms with E-state index in [1.807, 2.05) is 0 Å². The number of nitrogens with one attached hydrogen (secondary N) is 3. The fourth-order valence-electron chi connectivity index (χ4n) is 3.37. The lowest BCUT2D eigenvalue weighted by molar-refractivity contribution is -0.122. The fraction of sp³-hybridized carbons (Fsp3) is 0.333. The van der Waals surface area contributed by atoms with Crippen LogP contribution in [0.1, 0.15) is 32.6 Å². The minimum absolute atomic E-state index is 0.0107. The molecule has 31 heavy (non-hydrogen) atoms. The molecule has 1 fully saturated rings. The second kappa shape index (κ2) is 9.74. The monoisotopic (exact) mass is 446 g/mol. The topological polar surface area (TPSA) is 122 Å². The van der Waals surface area contributed by atoms with Gasteiger partial charge >= 0.3 is 0 Å². The van der Waals surface area contributed by atoms with Crippen LogP contribution < -0.4 is 21.7 Å². The van der Waals surface area contributed by atoms with Crippen molar-refractivity contribution >= 4 is 46.6 Å². The first-order valence-electron chi connectivity index (χ1n) is 9.84. The van der Waals surface area contributed by atoms with Gasteiger partial charge < -0.3 is 21.7 Å². The Kier molecular flexibility index (Phi) is 7.06. The average Bonchev–Trinajstić information content (AvgIpc) is 2.72. The summed E-state index contributed by atoms with van der Waals surface area (Å²) in [6.45, 7) is 5.13. The third-order valence-corrected chi connectivity index (χ3v) is 5.30. The van der Waals surface area contributed by atoms with Crippen molar-refractivity contribution < 1.29 is 14.0 Å². The molecule has 0 unspecified atom stereocenters. The first-order valence-corrected chi connectivity index (χ1v) is 10.2. The van der Waals surface area contributed by atoms with E-state index in [9.17, 15) is 14.0 Å². The van der Waals surface area contributed by atoms with Crippen molar-refractivity contribution in [3.63, 3.8) is 0 Å². The summed E-state index contributed by atoms with van der Waals surface area (Å²) in [5.74, 6) is -0.817. The van der Waals surface area contributed by atoms with Gasteiger partial charge in [0.15, 0.2) is 5.82 Å². The Balaban J connectivity index is 1.79. The van der Waals surface area contributed by atoms with Crippen LogP contribution in [-0.4, -0.2) is 27.8 Å². The number of nitrogens with zero attached hydrogens (tertiary/aromatic N) is 2. The third-order valence-electron chi connectivity index (χ3n) is 5.02. The number of hydrogen-bond donors (Lipinski definition) is 4. The summed E-state index contributed by atoms with van der Waals surface area (Å²) < 4.78 is 13.7. The van der Waals surface area contributed by atoms with E-state index in [-0.39, 0.29) is 40.0 Å². The highest BCUT2D eigenvalue weighted by atomic mass is 35.5. The van der Waals surface area contributed by atoms with E-state index in [4.69, 9.17) is 17.3 Å². The lowest BCUT2D eigenvalue weighted by atomic mass is 9.85. The van der Waals surface area contributed by atoms with Gasteiger partial charge in [-0.25, -0.2) is 9.37 Å². The summed E-state index contributed by atoms with van der Waals surface area (Å²) in [7, 11) is 0. The Morgan fingerprint density at radius 3 is 2.77 bits per heavy atom. The molecule has 2 atom stereocenters. The molecule has 1 aromatic heterocycles. The Hall–Kier alpha value is -3.20. The SMILES string of the molecule is C=C(C)C(=O)Nc1cc(F)ccc1Nc1nc(N[C@@H]2CCC[C@H](C(N)=O)C2)ncc1Cl. The molecule has 1 aliphatic carbocycles. The predicted molar refractivity (Wildman–Crippen MR) is 119 cm³/mol. The van der Waals surface area contributed by atoms with Crippen LogP contribution in [-0.2, 0) is 9.59 Å². The molecule has 0 saturated heterocycles. The number of nitrogens with two attached hydrogens (primary N) is 1. The Bertz CT molecular complexity index is 1020. The van der Waals surface area contributed by atoms with Crippen LogP contribution in [0.15, 0.2) is 36.5 Å². The molecule has 0 radical (unpaired) electrons. The van der Waals surface area contributed by atoms with Crippen LogP contribution in [0.25, 0.3) is 0 Å². The largest absolute Gasteiger partial charge is 0.369 e. The van der Waals surface area contributed by atoms with Crippen molar-refractivity contribution in [1.82, 2.24) is 9.97 Å². The standard InChI is InChI=1S/C21H24ClFN6O2/c1-11(2)20(31)28-17-9-13(23)6-7-16(17)27-19-15(22)10-25-21(29-19)26-14-5-3-4-12(8-14)18(24)30/h6-7,9-10,12,14H,1,3-5,8H2,2H3,(H2,24,30)(H,28,31)(H2,25,26,27,29)/t12-,14+/m0/s1. The molecule has 1 aliphatic rings. The number of benzene rings is 1. The Morgan fingerprint density at radius 2 is 2.06 bits per heavy atom. The molecule has 2 aromatic rings. The first-order chi connectivity index (χ1) is 14.7. The Morgan fingerprint density at radius 1 is 1.29 bits per heavy atom. The maximum absolute atomic E-state index is 13.7. The van der Waals surface area contributed by atoms with E-state index >= 15 is 0 Å². The van der Waals surface area contributed by atoms with Crippen LogP contribution in [0, 0.1) is 11.7 Å². The molecule has 0 bridgehead atoms. The molecule has 0 spiro atoms. The van der Waals surface area contributed by atoms with Gasteiger partial charge in [-0.1, -0.05) is 24.6 Å². The van der Waals surface area contributed by atoms with Gasteiger partial charge in [0.1, 0.15) is 10.8 Å². The van der Waals surface area contributed by atoms with Gasteiger partial charge in [-0.05, 0) is 44.4 Å².